The van der Waals surface area contributed by atoms with Gasteiger partial charge in [0, 0.05) is 0 Å². The highest BCUT2D eigenvalue weighted by atomic mass is 16.6. The Labute approximate surface area is 196 Å². The van der Waals surface area contributed by atoms with Crippen molar-refractivity contribution < 1.29 is 28.7 Å². The van der Waals surface area contributed by atoms with Crippen LogP contribution in [0, 0.1) is 0 Å². The van der Waals surface area contributed by atoms with E-state index in [0.29, 0.717) is 22.3 Å². The zero-order valence-electron chi connectivity index (χ0n) is 18.0. The number of carbonyl (C=O) groups is 4. The van der Waals surface area contributed by atoms with Crippen LogP contribution < -0.4 is 0 Å². The molecule has 0 bridgehead atoms. The smallest absolute Gasteiger partial charge is 0.346 e. The fraction of sp³-hybridized carbons (Fsp3) is 0. The van der Waals surface area contributed by atoms with Crippen molar-refractivity contribution in [2.75, 3.05) is 0 Å². The molecule has 0 N–H and O–H groups in total. The highest BCUT2D eigenvalue weighted by Crippen LogP contribution is 2.07. The van der Waals surface area contributed by atoms with E-state index in [0.717, 1.165) is 0 Å². The molecule has 0 aromatic heterocycles. The van der Waals surface area contributed by atoms with Crippen LogP contribution in [0.1, 0.15) is 41.4 Å². The second kappa shape index (κ2) is 12.3. The van der Waals surface area contributed by atoms with Crippen molar-refractivity contribution in [3.63, 3.8) is 0 Å². The molecule has 0 heterocycles. The molecule has 0 spiro atoms. The number of hydrogen-bond acceptors (Lipinski definition) is 6. The molecule has 0 saturated heterocycles. The second-order valence-corrected chi connectivity index (χ2v) is 6.82. The minimum Gasteiger partial charge on any atom is -0.386 e. The van der Waals surface area contributed by atoms with Gasteiger partial charge in [0.05, 0.1) is 22.3 Å². The Hall–Kier alpha value is -4.84. The first-order valence-electron chi connectivity index (χ1n) is 10.3. The maximum Gasteiger partial charge on any atom is 0.346 e. The Morgan fingerprint density at radius 2 is 0.500 bits per heavy atom. The van der Waals surface area contributed by atoms with Gasteiger partial charge in [0.25, 0.3) is 0 Å². The molecule has 0 fully saturated rings. The van der Waals surface area contributed by atoms with Crippen LogP contribution in [-0.2, 0) is 9.47 Å². The Kier molecular flexibility index (Phi) is 8.59. The maximum absolute atomic E-state index is 11.6. The van der Waals surface area contributed by atoms with Crippen molar-refractivity contribution in [3.05, 3.63) is 144 Å². The van der Waals surface area contributed by atoms with Crippen molar-refractivity contribution in [2.45, 2.75) is 0 Å². The van der Waals surface area contributed by atoms with Gasteiger partial charge in [-0.15, -0.1) is 0 Å². The summed E-state index contributed by atoms with van der Waals surface area (Å²) in [6, 6.07) is 33.6. The molecular weight excluding hydrogens is 432 g/mol. The molecular formula is C28H20O6. The molecule has 0 radical (unpaired) electrons. The lowest BCUT2D eigenvalue weighted by Gasteiger charge is -2.02. The minimum absolute atomic E-state index is 0.358. The molecule has 34 heavy (non-hydrogen) atoms. The minimum atomic E-state index is -0.639. The van der Waals surface area contributed by atoms with Gasteiger partial charge in [-0.3, -0.25) is 0 Å². The maximum atomic E-state index is 11.6. The first-order chi connectivity index (χ1) is 16.5. The van der Waals surface area contributed by atoms with E-state index in [2.05, 4.69) is 0 Å². The summed E-state index contributed by atoms with van der Waals surface area (Å²) in [5, 5.41) is 0. The van der Waals surface area contributed by atoms with Gasteiger partial charge in [-0.2, -0.15) is 0 Å². The molecule has 0 aliphatic carbocycles. The first-order valence-corrected chi connectivity index (χ1v) is 10.3. The van der Waals surface area contributed by atoms with E-state index < -0.39 is 23.9 Å². The van der Waals surface area contributed by atoms with Gasteiger partial charge in [-0.1, -0.05) is 72.8 Å². The average Bonchev–Trinajstić information content (AvgIpc) is 2.91. The van der Waals surface area contributed by atoms with Crippen LogP contribution >= 0.6 is 0 Å². The molecule has 0 amide bonds. The monoisotopic (exact) mass is 452 g/mol. The van der Waals surface area contributed by atoms with Crippen LogP contribution in [0.15, 0.2) is 121 Å². The molecule has 0 aliphatic rings. The highest BCUT2D eigenvalue weighted by molar-refractivity contribution is 6.03. The molecule has 0 atom stereocenters. The zero-order chi connectivity index (χ0) is 24.2. The summed E-state index contributed by atoms with van der Waals surface area (Å²) < 4.78 is 9.49. The van der Waals surface area contributed by atoms with Crippen molar-refractivity contribution in [1.82, 2.24) is 0 Å². The van der Waals surface area contributed by atoms with E-state index >= 15 is 0 Å². The average molecular weight is 452 g/mol. The number of hydrogen-bond donors (Lipinski definition) is 0. The van der Waals surface area contributed by atoms with E-state index in [4.69, 9.17) is 9.47 Å². The van der Waals surface area contributed by atoms with E-state index in [-0.39, 0.29) is 0 Å². The van der Waals surface area contributed by atoms with E-state index in [9.17, 15) is 19.2 Å². The van der Waals surface area contributed by atoms with E-state index in [1.165, 1.54) is 0 Å². The lowest BCUT2D eigenvalue weighted by Crippen LogP contribution is -2.12. The fourth-order valence-electron chi connectivity index (χ4n) is 2.70. The predicted octanol–water partition coefficient (Wildman–Crippen LogP) is 5.37. The summed E-state index contributed by atoms with van der Waals surface area (Å²) in [7, 11) is 0. The van der Waals surface area contributed by atoms with Gasteiger partial charge in [0.1, 0.15) is 0 Å². The van der Waals surface area contributed by atoms with Gasteiger partial charge in [0.15, 0.2) is 0 Å². The molecule has 6 nitrogen and oxygen atoms in total. The van der Waals surface area contributed by atoms with Crippen LogP contribution in [0.4, 0.5) is 0 Å². The van der Waals surface area contributed by atoms with Crippen molar-refractivity contribution in [2.24, 2.45) is 0 Å². The zero-order valence-corrected chi connectivity index (χ0v) is 18.0. The Bertz CT molecular complexity index is 1040. The quantitative estimate of drug-likeness (QED) is 0.306. The molecule has 0 saturated carbocycles. The predicted molar refractivity (Wildman–Crippen MR) is 125 cm³/mol. The number of benzene rings is 4. The molecule has 4 aromatic rings. The van der Waals surface area contributed by atoms with Crippen molar-refractivity contribution in [3.8, 4) is 0 Å². The summed E-state index contributed by atoms with van der Waals surface area (Å²) >= 11 is 0. The van der Waals surface area contributed by atoms with Crippen LogP contribution in [0.25, 0.3) is 0 Å². The number of ether oxygens (including phenoxy) is 2. The van der Waals surface area contributed by atoms with Gasteiger partial charge >= 0.3 is 23.9 Å². The molecule has 168 valence electrons. The topological polar surface area (TPSA) is 86.7 Å². The van der Waals surface area contributed by atoms with Crippen molar-refractivity contribution >= 4 is 23.9 Å². The SMILES string of the molecule is O=C(OC(=O)c1ccccc1)c1ccccc1.O=C(OC(=O)c1ccccc1)c1ccccc1. The van der Waals surface area contributed by atoms with Gasteiger partial charge in [-0.05, 0) is 48.5 Å². The third kappa shape index (κ3) is 7.10. The van der Waals surface area contributed by atoms with Crippen LogP contribution in [0.5, 0.6) is 0 Å². The lowest BCUT2D eigenvalue weighted by molar-refractivity contribution is 0.0380. The molecule has 4 aromatic carbocycles. The number of esters is 4. The summed E-state index contributed by atoms with van der Waals surface area (Å²) in [4.78, 5) is 46.3. The summed E-state index contributed by atoms with van der Waals surface area (Å²) in [5.41, 5.74) is 1.43. The van der Waals surface area contributed by atoms with Gasteiger partial charge in [-0.25, -0.2) is 19.2 Å². The summed E-state index contributed by atoms with van der Waals surface area (Å²) in [6.07, 6.45) is 0. The summed E-state index contributed by atoms with van der Waals surface area (Å²) in [5.74, 6) is -2.56. The normalized spacial score (nSPS) is 9.65. The van der Waals surface area contributed by atoms with Gasteiger partial charge < -0.3 is 9.47 Å². The summed E-state index contributed by atoms with van der Waals surface area (Å²) in [6.45, 7) is 0. The third-order valence-corrected chi connectivity index (χ3v) is 4.41. The molecule has 4 rings (SSSR count). The van der Waals surface area contributed by atoms with E-state index in [1.807, 2.05) is 0 Å². The van der Waals surface area contributed by atoms with Crippen LogP contribution in [0.3, 0.4) is 0 Å². The molecule has 6 heteroatoms. The van der Waals surface area contributed by atoms with Gasteiger partial charge in [0.2, 0.25) is 0 Å². The van der Waals surface area contributed by atoms with Crippen LogP contribution in [-0.4, -0.2) is 23.9 Å². The molecule has 0 unspecified atom stereocenters. The Balaban J connectivity index is 0.000000191. The third-order valence-electron chi connectivity index (χ3n) is 4.41. The first kappa shape index (κ1) is 23.8. The lowest BCUT2D eigenvalue weighted by atomic mass is 10.2. The fourth-order valence-corrected chi connectivity index (χ4v) is 2.70. The second-order valence-electron chi connectivity index (χ2n) is 6.82. The Morgan fingerprint density at radius 3 is 0.676 bits per heavy atom. The standard InChI is InChI=1S/2C14H10O3/c2*15-13(11-7-3-1-4-8-11)17-14(16)12-9-5-2-6-10-12/h2*1-10H. The Morgan fingerprint density at radius 1 is 0.324 bits per heavy atom. The number of rotatable bonds is 4. The highest BCUT2D eigenvalue weighted by Gasteiger charge is 2.14. The largest absolute Gasteiger partial charge is 0.386 e. The van der Waals surface area contributed by atoms with Crippen LogP contribution in [0.2, 0.25) is 0 Å². The molecule has 0 aliphatic heterocycles. The van der Waals surface area contributed by atoms with E-state index in [1.54, 1.807) is 121 Å². The number of carbonyl (C=O) groups excluding carboxylic acids is 4. The van der Waals surface area contributed by atoms with Crippen molar-refractivity contribution in [1.29, 1.82) is 0 Å².